The number of unbranched alkanes of at least 4 members (excludes halogenated alkanes) is 15. The molecule has 4 N–H and O–H groups in total. The molecular weight excluding hydrogens is 681 g/mol. The lowest BCUT2D eigenvalue weighted by molar-refractivity contribution is -0.147. The average Bonchev–Trinajstić information content (AvgIpc) is 3.15. The Bertz CT molecular complexity index is 1100. The Kier molecular flexibility index (Phi) is 36.7. The molecule has 0 aliphatic heterocycles. The van der Waals surface area contributed by atoms with E-state index in [2.05, 4.69) is 85.2 Å². The molecule has 9 nitrogen and oxygen atoms in total. The first-order chi connectivity index (χ1) is 26.3. The van der Waals surface area contributed by atoms with E-state index in [0.29, 0.717) is 12.8 Å². The second kappa shape index (κ2) is 39.2. The Labute approximate surface area is 328 Å². The van der Waals surface area contributed by atoms with Gasteiger partial charge >= 0.3 is 11.9 Å². The van der Waals surface area contributed by atoms with Crippen molar-refractivity contribution in [1.82, 2.24) is 10.6 Å². The molecule has 0 bridgehead atoms. The monoisotopic (exact) mass is 757 g/mol. The first kappa shape index (κ1) is 50.5. The highest BCUT2D eigenvalue weighted by Gasteiger charge is 2.18. The molecule has 0 saturated carbocycles. The molecule has 0 aromatic carbocycles. The number of carboxylic acids is 1. The van der Waals surface area contributed by atoms with E-state index < -0.39 is 24.5 Å². The van der Waals surface area contributed by atoms with Crippen LogP contribution < -0.4 is 10.6 Å². The molecule has 9 heteroatoms. The minimum absolute atomic E-state index is 0.124. The number of aliphatic carboxylic acids is 1. The molecule has 0 radical (unpaired) electrons. The van der Waals surface area contributed by atoms with Gasteiger partial charge in [-0.15, -0.1) is 0 Å². The molecule has 0 aliphatic carbocycles. The van der Waals surface area contributed by atoms with Crippen LogP contribution in [0, 0.1) is 0 Å². The number of rotatable bonds is 37. The number of amides is 2. The van der Waals surface area contributed by atoms with Gasteiger partial charge in [0.2, 0.25) is 11.8 Å². The van der Waals surface area contributed by atoms with Crippen molar-refractivity contribution in [3.05, 3.63) is 60.8 Å². The van der Waals surface area contributed by atoms with E-state index in [1.54, 1.807) is 0 Å². The molecule has 308 valence electrons. The quantitative estimate of drug-likeness (QED) is 0.0281. The Morgan fingerprint density at radius 1 is 0.593 bits per heavy atom. The van der Waals surface area contributed by atoms with Crippen molar-refractivity contribution in [2.45, 2.75) is 187 Å². The predicted octanol–water partition coefficient (Wildman–Crippen LogP) is 10.1. The summed E-state index contributed by atoms with van der Waals surface area (Å²) in [6, 6.07) is -1.39. The Balaban J connectivity index is 4.12. The molecule has 0 rings (SSSR count). The predicted molar refractivity (Wildman–Crippen MR) is 222 cm³/mol. The molecule has 0 aromatic heterocycles. The zero-order valence-corrected chi connectivity index (χ0v) is 34.0. The number of ether oxygens (including phenoxy) is 1. The van der Waals surface area contributed by atoms with Crippen LogP contribution in [0.3, 0.4) is 0 Å². The number of esters is 1. The van der Waals surface area contributed by atoms with E-state index >= 15 is 0 Å². The second-order valence-corrected chi connectivity index (χ2v) is 14.0. The highest BCUT2D eigenvalue weighted by molar-refractivity contribution is 5.87. The lowest BCUT2D eigenvalue weighted by Gasteiger charge is -2.15. The molecule has 2 unspecified atom stereocenters. The van der Waals surface area contributed by atoms with Crippen LogP contribution in [-0.4, -0.2) is 59.3 Å². The molecule has 0 saturated heterocycles. The van der Waals surface area contributed by atoms with Crippen LogP contribution in [0.5, 0.6) is 0 Å². The van der Waals surface area contributed by atoms with Crippen molar-refractivity contribution in [1.29, 1.82) is 0 Å². The maximum Gasteiger partial charge on any atom is 0.328 e. The first-order valence-corrected chi connectivity index (χ1v) is 21.2. The van der Waals surface area contributed by atoms with E-state index in [9.17, 15) is 19.2 Å². The fourth-order valence-corrected chi connectivity index (χ4v) is 5.73. The van der Waals surface area contributed by atoms with Crippen LogP contribution in [0.4, 0.5) is 0 Å². The van der Waals surface area contributed by atoms with Crippen molar-refractivity contribution < 1.29 is 34.1 Å². The third kappa shape index (κ3) is 35.6. The van der Waals surface area contributed by atoms with Gasteiger partial charge in [0.1, 0.15) is 12.1 Å². The summed E-state index contributed by atoms with van der Waals surface area (Å²) in [6.45, 7) is 3.29. The van der Waals surface area contributed by atoms with Crippen molar-refractivity contribution in [2.24, 2.45) is 0 Å². The first-order valence-electron chi connectivity index (χ1n) is 21.2. The lowest BCUT2D eigenvalue weighted by atomic mass is 10.1. The fraction of sp³-hybridized carbons (Fsp3) is 0.689. The third-order valence-corrected chi connectivity index (χ3v) is 8.98. The minimum Gasteiger partial charge on any atom is -0.480 e. The van der Waals surface area contributed by atoms with E-state index in [1.165, 1.54) is 51.4 Å². The van der Waals surface area contributed by atoms with Gasteiger partial charge in [-0.3, -0.25) is 14.4 Å². The highest BCUT2D eigenvalue weighted by atomic mass is 16.5. The molecule has 0 fully saturated rings. The Morgan fingerprint density at radius 3 is 1.70 bits per heavy atom. The van der Waals surface area contributed by atoms with Gasteiger partial charge < -0.3 is 25.6 Å². The molecule has 0 aliphatic rings. The van der Waals surface area contributed by atoms with E-state index in [-0.39, 0.29) is 30.9 Å². The highest BCUT2D eigenvalue weighted by Crippen LogP contribution is 2.15. The van der Waals surface area contributed by atoms with Crippen LogP contribution in [0.15, 0.2) is 60.8 Å². The van der Waals surface area contributed by atoms with Crippen LogP contribution in [0.25, 0.3) is 0 Å². The molecule has 0 aromatic rings. The molecule has 0 spiro atoms. The molecule has 0 heterocycles. The second-order valence-electron chi connectivity index (χ2n) is 14.0. The number of carbonyl (C=O) groups is 4. The van der Waals surface area contributed by atoms with Gasteiger partial charge in [-0.25, -0.2) is 4.79 Å². The van der Waals surface area contributed by atoms with E-state index in [0.717, 1.165) is 89.9 Å². The summed E-state index contributed by atoms with van der Waals surface area (Å²) in [4.78, 5) is 47.4. The van der Waals surface area contributed by atoms with Crippen LogP contribution in [-0.2, 0) is 23.9 Å². The topological polar surface area (TPSA) is 142 Å². The molecular formula is C45H76N2O7. The summed E-state index contributed by atoms with van der Waals surface area (Å²) in [5.74, 6) is -2.42. The number of hydrogen-bond donors (Lipinski definition) is 4. The van der Waals surface area contributed by atoms with Gasteiger partial charge in [0.25, 0.3) is 0 Å². The molecule has 2 amide bonds. The smallest absolute Gasteiger partial charge is 0.328 e. The number of carbonyl (C=O) groups excluding carboxylic acids is 3. The van der Waals surface area contributed by atoms with Gasteiger partial charge in [-0.1, -0.05) is 139 Å². The summed E-state index contributed by atoms with van der Waals surface area (Å²) in [5.41, 5.74) is 0. The van der Waals surface area contributed by atoms with Gasteiger partial charge in [-0.05, 0) is 83.1 Å². The van der Waals surface area contributed by atoms with Gasteiger partial charge in [0.15, 0.2) is 0 Å². The summed E-state index contributed by atoms with van der Waals surface area (Å²) in [5, 5.41) is 22.5. The van der Waals surface area contributed by atoms with Gasteiger partial charge in [-0.2, -0.15) is 0 Å². The number of nitrogens with one attached hydrogen (secondary N) is 2. The summed E-state index contributed by atoms with van der Waals surface area (Å²) in [6.07, 6.45) is 47.1. The number of hydrogen-bond acceptors (Lipinski definition) is 6. The number of carboxylic acid groups (broad SMARTS) is 1. The number of allylic oxidation sites excluding steroid dienone is 9. The SMILES string of the molecule is CC/C=C\C/C=C\C/C=C\C/C=C\CCCCCCCCCCC(=O)OC(/C=C\CCCCCC)CCCCCCC(=O)NCC(=O)NC(CO)C(=O)O. The summed E-state index contributed by atoms with van der Waals surface area (Å²) >= 11 is 0. The Morgan fingerprint density at radius 2 is 1.11 bits per heavy atom. The number of aliphatic hydroxyl groups excluding tert-OH is 1. The average molecular weight is 757 g/mol. The zero-order valence-electron chi connectivity index (χ0n) is 34.0. The van der Waals surface area contributed by atoms with E-state index in [4.69, 9.17) is 14.9 Å². The van der Waals surface area contributed by atoms with Crippen LogP contribution in [0.2, 0.25) is 0 Å². The largest absolute Gasteiger partial charge is 0.480 e. The zero-order chi connectivity index (χ0) is 39.7. The summed E-state index contributed by atoms with van der Waals surface area (Å²) in [7, 11) is 0. The fourth-order valence-electron chi connectivity index (χ4n) is 5.73. The van der Waals surface area contributed by atoms with Crippen molar-refractivity contribution >= 4 is 23.8 Å². The van der Waals surface area contributed by atoms with Crippen molar-refractivity contribution in [3.8, 4) is 0 Å². The van der Waals surface area contributed by atoms with E-state index in [1.807, 2.05) is 0 Å². The Hall–Kier alpha value is -3.46. The molecule has 2 atom stereocenters. The third-order valence-electron chi connectivity index (χ3n) is 8.98. The normalized spacial score (nSPS) is 13.1. The maximum atomic E-state index is 12.7. The minimum atomic E-state index is -1.39. The number of aliphatic hydroxyl groups is 1. The standard InChI is InChI=1S/C45H76N2O7/c1-3-5-7-9-11-12-13-14-15-16-17-18-19-20-21-22-23-24-25-27-33-37-44(51)54-40(34-30-26-10-8-6-4-2)35-31-28-29-32-36-42(49)46-38-43(50)47-41(39-48)45(52)53/h5,7,11-12,14-15,17-18,30,34,40-41,48H,3-4,6,8-10,13,16,19-29,31-33,35-39H2,1-2H3,(H,46,49)(H,47,50)(H,52,53)/b7-5-,12-11-,15-14-,18-17-,34-30-. The van der Waals surface area contributed by atoms with Crippen LogP contribution >= 0.6 is 0 Å². The van der Waals surface area contributed by atoms with Crippen molar-refractivity contribution in [2.75, 3.05) is 13.2 Å². The molecule has 54 heavy (non-hydrogen) atoms. The lowest BCUT2D eigenvalue weighted by Crippen LogP contribution is -2.47. The van der Waals surface area contributed by atoms with Crippen LogP contribution in [0.1, 0.15) is 174 Å². The van der Waals surface area contributed by atoms with Gasteiger partial charge in [0, 0.05) is 12.8 Å². The van der Waals surface area contributed by atoms with Crippen molar-refractivity contribution in [3.63, 3.8) is 0 Å². The summed E-state index contributed by atoms with van der Waals surface area (Å²) < 4.78 is 5.88. The van der Waals surface area contributed by atoms with Gasteiger partial charge in [0.05, 0.1) is 13.2 Å². The maximum absolute atomic E-state index is 12.7.